The summed E-state index contributed by atoms with van der Waals surface area (Å²) >= 11 is 12.9. The molecule has 2 aromatic rings. The average molecular weight is 439 g/mol. The third-order valence-electron chi connectivity index (χ3n) is 6.10. The smallest absolute Gasteiger partial charge is 0.251 e. The molecule has 2 heterocycles. The summed E-state index contributed by atoms with van der Waals surface area (Å²) in [5.41, 5.74) is 2.20. The molecule has 7 heteroatoms. The van der Waals surface area contributed by atoms with E-state index in [2.05, 4.69) is 4.98 Å². The minimum atomic E-state index is -2.80. The van der Waals surface area contributed by atoms with E-state index in [4.69, 9.17) is 23.2 Å². The Bertz CT molecular complexity index is 884. The van der Waals surface area contributed by atoms with Gasteiger partial charge in [-0.05, 0) is 55.0 Å². The summed E-state index contributed by atoms with van der Waals surface area (Å²) in [6, 6.07) is 7.08. The first-order chi connectivity index (χ1) is 13.8. The minimum Gasteiger partial charge on any atom is -0.340 e. The summed E-state index contributed by atoms with van der Waals surface area (Å²) in [4.78, 5) is 18.0. The third-order valence-corrected chi connectivity index (χ3v) is 6.78. The zero-order valence-electron chi connectivity index (χ0n) is 15.9. The van der Waals surface area contributed by atoms with E-state index in [0.717, 1.165) is 17.5 Å². The molecule has 2 fully saturated rings. The van der Waals surface area contributed by atoms with Crippen molar-refractivity contribution in [3.8, 4) is 11.1 Å². The predicted octanol–water partition coefficient (Wildman–Crippen LogP) is 6.02. The Morgan fingerprint density at radius 1 is 1.21 bits per heavy atom. The van der Waals surface area contributed by atoms with Crippen molar-refractivity contribution in [2.75, 3.05) is 6.54 Å². The minimum absolute atomic E-state index is 0.0795. The van der Waals surface area contributed by atoms with Gasteiger partial charge in [0.2, 0.25) is 5.91 Å². The Labute approximate surface area is 179 Å². The van der Waals surface area contributed by atoms with Gasteiger partial charge in [-0.25, -0.2) is 8.78 Å². The van der Waals surface area contributed by atoms with Gasteiger partial charge in [-0.2, -0.15) is 0 Å². The Kier molecular flexibility index (Phi) is 5.80. The first-order valence-corrected chi connectivity index (χ1v) is 10.7. The lowest BCUT2D eigenvalue weighted by atomic mass is 9.78. The first-order valence-electron chi connectivity index (χ1n) is 9.91. The van der Waals surface area contributed by atoms with E-state index in [1.54, 1.807) is 29.4 Å². The highest BCUT2D eigenvalue weighted by atomic mass is 35.5. The molecule has 1 aromatic heterocycles. The number of hydrogen-bond donors (Lipinski definition) is 0. The number of benzene rings is 1. The van der Waals surface area contributed by atoms with E-state index >= 15 is 0 Å². The van der Waals surface area contributed by atoms with Crippen molar-refractivity contribution in [2.24, 2.45) is 5.92 Å². The topological polar surface area (TPSA) is 33.2 Å². The second kappa shape index (κ2) is 8.19. The quantitative estimate of drug-likeness (QED) is 0.584. The standard InChI is InChI=1S/C22H22Cl2F2N2O/c23-19-9-15(14-3-1-7-27-13-14)10-20(24)18(19)12-16-11-17(5-6-22(16,25)26)28-8-2-4-21(28)29/h1,3,7,9-10,13,16-17H,2,4-6,8,11-12H2. The van der Waals surface area contributed by atoms with Gasteiger partial charge in [0, 0.05) is 59.3 Å². The van der Waals surface area contributed by atoms with E-state index in [9.17, 15) is 13.6 Å². The van der Waals surface area contributed by atoms with Crippen LogP contribution in [0.1, 0.15) is 37.7 Å². The highest BCUT2D eigenvalue weighted by Crippen LogP contribution is 2.44. The zero-order valence-corrected chi connectivity index (χ0v) is 17.4. The Morgan fingerprint density at radius 3 is 2.59 bits per heavy atom. The van der Waals surface area contributed by atoms with Gasteiger partial charge in [0.25, 0.3) is 5.92 Å². The maximum absolute atomic E-state index is 14.7. The largest absolute Gasteiger partial charge is 0.340 e. The van der Waals surface area contributed by atoms with Gasteiger partial charge >= 0.3 is 0 Å². The van der Waals surface area contributed by atoms with Crippen LogP contribution in [0.3, 0.4) is 0 Å². The fourth-order valence-corrected chi connectivity index (χ4v) is 5.14. The van der Waals surface area contributed by atoms with E-state index < -0.39 is 11.8 Å². The van der Waals surface area contributed by atoms with E-state index in [1.165, 1.54) is 0 Å². The second-order valence-electron chi connectivity index (χ2n) is 7.94. The van der Waals surface area contributed by atoms with E-state index in [1.807, 2.05) is 12.1 Å². The van der Waals surface area contributed by atoms with Crippen molar-refractivity contribution >= 4 is 29.1 Å². The number of nitrogens with zero attached hydrogens (tertiary/aromatic N) is 2. The summed E-state index contributed by atoms with van der Waals surface area (Å²) in [5.74, 6) is -3.61. The summed E-state index contributed by atoms with van der Waals surface area (Å²) in [6.07, 6.45) is 5.20. The Balaban J connectivity index is 1.57. The van der Waals surface area contributed by atoms with Gasteiger partial charge in [0.15, 0.2) is 0 Å². The van der Waals surface area contributed by atoms with Crippen LogP contribution in [0.25, 0.3) is 11.1 Å². The van der Waals surface area contributed by atoms with E-state index in [-0.39, 0.29) is 31.2 Å². The molecule has 0 bridgehead atoms. The monoisotopic (exact) mass is 438 g/mol. The molecule has 29 heavy (non-hydrogen) atoms. The number of pyridine rings is 1. The highest BCUT2D eigenvalue weighted by Gasteiger charge is 2.47. The van der Waals surface area contributed by atoms with Crippen LogP contribution in [0.2, 0.25) is 10.0 Å². The van der Waals surface area contributed by atoms with Crippen molar-refractivity contribution in [2.45, 2.75) is 50.5 Å². The van der Waals surface area contributed by atoms with Crippen LogP contribution in [-0.4, -0.2) is 34.3 Å². The molecule has 4 rings (SSSR count). The van der Waals surface area contributed by atoms with Gasteiger partial charge < -0.3 is 4.90 Å². The van der Waals surface area contributed by atoms with Crippen molar-refractivity contribution in [3.63, 3.8) is 0 Å². The first kappa shape index (κ1) is 20.5. The molecule has 3 nitrogen and oxygen atoms in total. The van der Waals surface area contributed by atoms with Crippen LogP contribution in [0.15, 0.2) is 36.7 Å². The number of halogens is 4. The number of alkyl halides is 2. The number of carbonyl (C=O) groups excluding carboxylic acids is 1. The summed E-state index contributed by atoms with van der Waals surface area (Å²) < 4.78 is 29.4. The third kappa shape index (κ3) is 4.26. The number of likely N-dealkylation sites (tertiary alicyclic amines) is 1. The average Bonchev–Trinajstić information content (AvgIpc) is 3.12. The Hall–Kier alpha value is -1.72. The molecule has 0 radical (unpaired) electrons. The van der Waals surface area contributed by atoms with Gasteiger partial charge in [-0.3, -0.25) is 9.78 Å². The predicted molar refractivity (Wildman–Crippen MR) is 110 cm³/mol. The van der Waals surface area contributed by atoms with Gasteiger partial charge in [-0.15, -0.1) is 0 Å². The maximum atomic E-state index is 14.7. The fourth-order valence-electron chi connectivity index (χ4n) is 4.50. The lowest BCUT2D eigenvalue weighted by Crippen LogP contribution is -2.46. The number of hydrogen-bond acceptors (Lipinski definition) is 2. The summed E-state index contributed by atoms with van der Waals surface area (Å²) in [5, 5.41) is 0.762. The van der Waals surface area contributed by atoms with Crippen molar-refractivity contribution < 1.29 is 13.6 Å². The molecule has 2 aliphatic rings. The number of amides is 1. The molecule has 2 atom stereocenters. The number of rotatable bonds is 4. The van der Waals surface area contributed by atoms with Crippen LogP contribution in [0.4, 0.5) is 8.78 Å². The number of aromatic nitrogens is 1. The molecule has 0 spiro atoms. The zero-order chi connectivity index (χ0) is 20.6. The molecule has 2 unspecified atom stereocenters. The van der Waals surface area contributed by atoms with Gasteiger partial charge in [0.1, 0.15) is 0 Å². The van der Waals surface area contributed by atoms with Crippen LogP contribution >= 0.6 is 23.2 Å². The molecule has 1 saturated carbocycles. The Morgan fingerprint density at radius 2 is 1.97 bits per heavy atom. The molecule has 0 N–H and O–H groups in total. The molecular weight excluding hydrogens is 417 g/mol. The maximum Gasteiger partial charge on any atom is 0.251 e. The summed E-state index contributed by atoms with van der Waals surface area (Å²) in [7, 11) is 0. The molecule has 1 saturated heterocycles. The molecule has 1 aliphatic carbocycles. The van der Waals surface area contributed by atoms with Gasteiger partial charge in [-0.1, -0.05) is 29.3 Å². The SMILES string of the molecule is O=C1CCCN1C1CCC(F)(F)C(Cc2c(Cl)cc(-c3cccnc3)cc2Cl)C1. The van der Waals surface area contributed by atoms with Crippen LogP contribution < -0.4 is 0 Å². The normalized spacial score (nSPS) is 24.1. The molecular formula is C22H22Cl2F2N2O. The van der Waals surface area contributed by atoms with Gasteiger partial charge in [0.05, 0.1) is 0 Å². The van der Waals surface area contributed by atoms with Crippen LogP contribution in [-0.2, 0) is 11.2 Å². The lowest BCUT2D eigenvalue weighted by Gasteiger charge is -2.40. The summed E-state index contributed by atoms with van der Waals surface area (Å²) in [6.45, 7) is 0.670. The highest BCUT2D eigenvalue weighted by molar-refractivity contribution is 6.36. The van der Waals surface area contributed by atoms with Crippen LogP contribution in [0.5, 0.6) is 0 Å². The second-order valence-corrected chi connectivity index (χ2v) is 8.76. The molecule has 154 valence electrons. The lowest BCUT2D eigenvalue weighted by molar-refractivity contribution is -0.136. The fraction of sp³-hybridized carbons (Fsp3) is 0.455. The van der Waals surface area contributed by atoms with Crippen molar-refractivity contribution in [1.82, 2.24) is 9.88 Å². The molecule has 1 amide bonds. The van der Waals surface area contributed by atoms with E-state index in [0.29, 0.717) is 35.0 Å². The number of carbonyl (C=O) groups is 1. The van der Waals surface area contributed by atoms with Crippen molar-refractivity contribution in [3.05, 3.63) is 52.3 Å². The van der Waals surface area contributed by atoms with Crippen LogP contribution in [0, 0.1) is 5.92 Å². The molecule has 1 aromatic carbocycles. The molecule has 1 aliphatic heterocycles. The van der Waals surface area contributed by atoms with Crippen molar-refractivity contribution in [1.29, 1.82) is 0 Å².